The molecule has 0 fully saturated rings. The van der Waals surface area contributed by atoms with Crippen LogP contribution in [0.5, 0.6) is 0 Å². The molecule has 1 aromatic heterocycles. The van der Waals surface area contributed by atoms with Gasteiger partial charge in [0.1, 0.15) is 0 Å². The first-order valence-corrected chi connectivity index (χ1v) is 6.21. The number of anilines is 1. The van der Waals surface area contributed by atoms with Gasteiger partial charge in [-0.1, -0.05) is 12.1 Å². The Balaban J connectivity index is 2.13. The van der Waals surface area contributed by atoms with Crippen molar-refractivity contribution in [3.8, 4) is 0 Å². The van der Waals surface area contributed by atoms with E-state index in [2.05, 4.69) is 10.4 Å². The summed E-state index contributed by atoms with van der Waals surface area (Å²) in [7, 11) is 1.82. The largest absolute Gasteiger partial charge is 0.416 e. The summed E-state index contributed by atoms with van der Waals surface area (Å²) in [5.74, 6) is 0. The molecular weight excluding hydrogens is 267 g/mol. The number of aryl methyl sites for hydroxylation is 2. The van der Waals surface area contributed by atoms with E-state index in [4.69, 9.17) is 0 Å². The second-order valence-electron chi connectivity index (χ2n) is 4.79. The van der Waals surface area contributed by atoms with Crippen LogP contribution in [0.2, 0.25) is 0 Å². The van der Waals surface area contributed by atoms with Crippen molar-refractivity contribution in [1.82, 2.24) is 9.78 Å². The van der Waals surface area contributed by atoms with Crippen molar-refractivity contribution in [3.63, 3.8) is 0 Å². The van der Waals surface area contributed by atoms with Crippen molar-refractivity contribution in [3.05, 3.63) is 47.3 Å². The number of aromatic nitrogens is 2. The summed E-state index contributed by atoms with van der Waals surface area (Å²) in [5.41, 5.74) is 1.89. The lowest BCUT2D eigenvalue weighted by atomic mass is 10.1. The van der Waals surface area contributed by atoms with E-state index >= 15 is 0 Å². The molecule has 1 heterocycles. The molecule has 108 valence electrons. The number of hydrogen-bond donors (Lipinski definition) is 1. The highest BCUT2D eigenvalue weighted by Gasteiger charge is 2.30. The zero-order valence-electron chi connectivity index (χ0n) is 11.5. The Labute approximate surface area is 115 Å². The van der Waals surface area contributed by atoms with Gasteiger partial charge in [-0.25, -0.2) is 0 Å². The van der Waals surface area contributed by atoms with Gasteiger partial charge in [0.05, 0.1) is 16.9 Å². The van der Waals surface area contributed by atoms with E-state index in [1.54, 1.807) is 4.68 Å². The van der Waals surface area contributed by atoms with Crippen LogP contribution >= 0.6 is 0 Å². The molecular formula is C14H16F3N3. The van der Waals surface area contributed by atoms with Gasteiger partial charge in [0, 0.05) is 19.3 Å². The van der Waals surface area contributed by atoms with Crippen molar-refractivity contribution >= 4 is 5.69 Å². The monoisotopic (exact) mass is 283 g/mol. The number of rotatable bonds is 3. The molecule has 0 saturated carbocycles. The lowest BCUT2D eigenvalue weighted by Crippen LogP contribution is -2.09. The molecule has 1 unspecified atom stereocenters. The minimum Gasteiger partial charge on any atom is -0.376 e. The summed E-state index contributed by atoms with van der Waals surface area (Å²) in [5, 5.41) is 7.45. The number of hydrogen-bond acceptors (Lipinski definition) is 2. The standard InChI is InChI=1S/C14H16F3N3/c1-9(18-13-8-20(3)19-10(13)2)11-4-6-12(7-5-11)14(15,16)17/h4-9,18H,1-3H3. The molecule has 0 bridgehead atoms. The molecule has 0 radical (unpaired) electrons. The lowest BCUT2D eigenvalue weighted by molar-refractivity contribution is -0.137. The minimum atomic E-state index is -4.30. The summed E-state index contributed by atoms with van der Waals surface area (Å²) >= 11 is 0. The van der Waals surface area contributed by atoms with Crippen LogP contribution in [0.1, 0.15) is 29.8 Å². The molecule has 3 nitrogen and oxygen atoms in total. The number of halogens is 3. The van der Waals surface area contributed by atoms with Crippen LogP contribution in [0, 0.1) is 6.92 Å². The number of nitrogens with zero attached hydrogens (tertiary/aromatic N) is 2. The Morgan fingerprint density at radius 2 is 1.80 bits per heavy atom. The fourth-order valence-electron chi connectivity index (χ4n) is 2.02. The smallest absolute Gasteiger partial charge is 0.376 e. The third kappa shape index (κ3) is 3.12. The Morgan fingerprint density at radius 3 is 2.25 bits per heavy atom. The molecule has 0 aliphatic heterocycles. The molecule has 0 aliphatic carbocycles. The van der Waals surface area contributed by atoms with Gasteiger partial charge in [0.25, 0.3) is 0 Å². The average molecular weight is 283 g/mol. The molecule has 2 aromatic rings. The fourth-order valence-corrected chi connectivity index (χ4v) is 2.02. The molecule has 0 spiro atoms. The van der Waals surface area contributed by atoms with Crippen LogP contribution < -0.4 is 5.32 Å². The quantitative estimate of drug-likeness (QED) is 0.925. The van der Waals surface area contributed by atoms with Gasteiger partial charge in [0.2, 0.25) is 0 Å². The van der Waals surface area contributed by atoms with Crippen LogP contribution in [-0.2, 0) is 13.2 Å². The number of benzene rings is 1. The van der Waals surface area contributed by atoms with E-state index in [-0.39, 0.29) is 6.04 Å². The van der Waals surface area contributed by atoms with Crippen LogP contribution in [0.3, 0.4) is 0 Å². The van der Waals surface area contributed by atoms with E-state index in [0.717, 1.165) is 29.1 Å². The van der Waals surface area contributed by atoms with E-state index in [0.29, 0.717) is 0 Å². The van der Waals surface area contributed by atoms with Gasteiger partial charge in [-0.3, -0.25) is 4.68 Å². The Hall–Kier alpha value is -1.98. The van der Waals surface area contributed by atoms with Crippen LogP contribution in [0.15, 0.2) is 30.5 Å². The maximum absolute atomic E-state index is 12.5. The van der Waals surface area contributed by atoms with Gasteiger partial charge in [-0.2, -0.15) is 18.3 Å². The van der Waals surface area contributed by atoms with Crippen molar-refractivity contribution in [1.29, 1.82) is 0 Å². The van der Waals surface area contributed by atoms with E-state index < -0.39 is 11.7 Å². The van der Waals surface area contributed by atoms with E-state index in [1.807, 2.05) is 27.1 Å². The molecule has 0 saturated heterocycles. The molecule has 1 N–H and O–H groups in total. The van der Waals surface area contributed by atoms with Crippen molar-refractivity contribution in [2.45, 2.75) is 26.1 Å². The van der Waals surface area contributed by atoms with Crippen LogP contribution in [0.4, 0.5) is 18.9 Å². The van der Waals surface area contributed by atoms with Crippen LogP contribution in [0.25, 0.3) is 0 Å². The topological polar surface area (TPSA) is 29.9 Å². The van der Waals surface area contributed by atoms with Crippen LogP contribution in [-0.4, -0.2) is 9.78 Å². The zero-order valence-corrected chi connectivity index (χ0v) is 11.5. The summed E-state index contributed by atoms with van der Waals surface area (Å²) in [6.45, 7) is 3.77. The third-order valence-electron chi connectivity index (χ3n) is 3.12. The Morgan fingerprint density at radius 1 is 1.20 bits per heavy atom. The van der Waals surface area contributed by atoms with Gasteiger partial charge in [-0.05, 0) is 31.5 Å². The van der Waals surface area contributed by atoms with Gasteiger partial charge in [0.15, 0.2) is 0 Å². The Kier molecular flexibility index (Phi) is 3.74. The normalized spacial score (nSPS) is 13.3. The molecule has 20 heavy (non-hydrogen) atoms. The highest BCUT2D eigenvalue weighted by atomic mass is 19.4. The maximum Gasteiger partial charge on any atom is 0.416 e. The molecule has 0 amide bonds. The summed E-state index contributed by atoms with van der Waals surface area (Å²) in [4.78, 5) is 0. The molecule has 2 rings (SSSR count). The average Bonchev–Trinajstić information content (AvgIpc) is 2.67. The fraction of sp³-hybridized carbons (Fsp3) is 0.357. The first kappa shape index (κ1) is 14.4. The third-order valence-corrected chi connectivity index (χ3v) is 3.12. The van der Waals surface area contributed by atoms with Crippen molar-refractivity contribution < 1.29 is 13.2 Å². The summed E-state index contributed by atoms with van der Waals surface area (Å²) < 4.78 is 39.2. The van der Waals surface area contributed by atoms with Gasteiger partial charge in [-0.15, -0.1) is 0 Å². The maximum atomic E-state index is 12.5. The van der Waals surface area contributed by atoms with Crippen molar-refractivity contribution in [2.24, 2.45) is 7.05 Å². The summed E-state index contributed by atoms with van der Waals surface area (Å²) in [6.07, 6.45) is -2.45. The predicted octanol–water partition coefficient (Wildman–Crippen LogP) is 3.92. The molecule has 6 heteroatoms. The second kappa shape index (κ2) is 5.19. The number of nitrogens with one attached hydrogen (secondary N) is 1. The molecule has 0 aliphatic rings. The van der Waals surface area contributed by atoms with Gasteiger partial charge < -0.3 is 5.32 Å². The second-order valence-corrected chi connectivity index (χ2v) is 4.79. The SMILES string of the molecule is Cc1nn(C)cc1NC(C)c1ccc(C(F)(F)F)cc1. The Bertz CT molecular complexity index is 585. The highest BCUT2D eigenvalue weighted by Crippen LogP contribution is 2.30. The highest BCUT2D eigenvalue weighted by molar-refractivity contribution is 5.47. The molecule has 1 aromatic carbocycles. The zero-order chi connectivity index (χ0) is 14.9. The first-order valence-electron chi connectivity index (χ1n) is 6.21. The van der Waals surface area contributed by atoms with E-state index in [1.165, 1.54) is 12.1 Å². The lowest BCUT2D eigenvalue weighted by Gasteiger charge is -2.16. The summed E-state index contributed by atoms with van der Waals surface area (Å²) in [6, 6.07) is 5.09. The first-order chi connectivity index (χ1) is 9.27. The van der Waals surface area contributed by atoms with Crippen molar-refractivity contribution in [2.75, 3.05) is 5.32 Å². The number of alkyl halides is 3. The van der Waals surface area contributed by atoms with Gasteiger partial charge >= 0.3 is 6.18 Å². The van der Waals surface area contributed by atoms with E-state index in [9.17, 15) is 13.2 Å². The predicted molar refractivity (Wildman–Crippen MR) is 71.4 cm³/mol. The molecule has 1 atom stereocenters. The minimum absolute atomic E-state index is 0.0971.